The first-order valence-corrected chi connectivity index (χ1v) is 7.11. The number of hydrogen-bond donors (Lipinski definition) is 1. The summed E-state index contributed by atoms with van der Waals surface area (Å²) in [6.45, 7) is 2.97. The molecule has 0 aliphatic rings. The largest absolute Gasteiger partial charge is 0.497 e. The SMILES string of the molecule is CCNC(Cc1ccn(C)n1)c1cc(OC)ccc1OC. The normalized spacial score (nSPS) is 12.2. The van der Waals surface area contributed by atoms with Crippen LogP contribution in [0, 0.1) is 0 Å². The van der Waals surface area contributed by atoms with Crippen LogP contribution in [0.25, 0.3) is 0 Å². The second-order valence-corrected chi connectivity index (χ2v) is 4.90. The summed E-state index contributed by atoms with van der Waals surface area (Å²) in [7, 11) is 5.29. The fourth-order valence-corrected chi connectivity index (χ4v) is 2.43. The van der Waals surface area contributed by atoms with E-state index in [0.717, 1.165) is 35.7 Å². The number of rotatable bonds is 7. The van der Waals surface area contributed by atoms with Crippen LogP contribution in [-0.4, -0.2) is 30.5 Å². The van der Waals surface area contributed by atoms with E-state index in [2.05, 4.69) is 17.3 Å². The molecule has 0 spiro atoms. The molecule has 114 valence electrons. The van der Waals surface area contributed by atoms with Gasteiger partial charge in [0.2, 0.25) is 0 Å². The number of likely N-dealkylation sites (N-methyl/N-ethyl adjacent to an activating group) is 1. The highest BCUT2D eigenvalue weighted by molar-refractivity contribution is 5.42. The number of nitrogens with one attached hydrogen (secondary N) is 1. The summed E-state index contributed by atoms with van der Waals surface area (Å²) in [5, 5.41) is 7.96. The summed E-state index contributed by atoms with van der Waals surface area (Å²) < 4.78 is 12.6. The Morgan fingerprint density at radius 3 is 2.62 bits per heavy atom. The molecule has 0 aliphatic heterocycles. The Morgan fingerprint density at radius 1 is 1.24 bits per heavy atom. The zero-order valence-corrected chi connectivity index (χ0v) is 13.1. The molecule has 1 aromatic heterocycles. The topological polar surface area (TPSA) is 48.3 Å². The average Bonchev–Trinajstić information content (AvgIpc) is 2.91. The number of aromatic nitrogens is 2. The van der Waals surface area contributed by atoms with Crippen molar-refractivity contribution in [1.82, 2.24) is 15.1 Å². The minimum Gasteiger partial charge on any atom is -0.497 e. The smallest absolute Gasteiger partial charge is 0.123 e. The minimum absolute atomic E-state index is 0.134. The van der Waals surface area contributed by atoms with Crippen molar-refractivity contribution in [3.05, 3.63) is 41.7 Å². The molecular formula is C16H23N3O2. The first-order valence-electron chi connectivity index (χ1n) is 7.11. The van der Waals surface area contributed by atoms with Crippen LogP contribution in [0.15, 0.2) is 30.5 Å². The van der Waals surface area contributed by atoms with Crippen molar-refractivity contribution in [3.63, 3.8) is 0 Å². The molecule has 0 aliphatic carbocycles. The van der Waals surface area contributed by atoms with Crippen LogP contribution >= 0.6 is 0 Å². The van der Waals surface area contributed by atoms with E-state index in [1.54, 1.807) is 14.2 Å². The Morgan fingerprint density at radius 2 is 2.05 bits per heavy atom. The van der Waals surface area contributed by atoms with Crippen molar-refractivity contribution in [3.8, 4) is 11.5 Å². The van der Waals surface area contributed by atoms with E-state index >= 15 is 0 Å². The Balaban J connectivity index is 2.31. The predicted molar refractivity (Wildman–Crippen MR) is 82.9 cm³/mol. The fourth-order valence-electron chi connectivity index (χ4n) is 2.43. The van der Waals surface area contributed by atoms with Crippen LogP contribution in [0.1, 0.15) is 24.2 Å². The molecule has 1 N–H and O–H groups in total. The molecule has 0 amide bonds. The Hall–Kier alpha value is -2.01. The van der Waals surface area contributed by atoms with Gasteiger partial charge in [-0.25, -0.2) is 0 Å². The molecule has 1 unspecified atom stereocenters. The van der Waals surface area contributed by atoms with E-state index in [1.165, 1.54) is 0 Å². The molecule has 1 atom stereocenters. The van der Waals surface area contributed by atoms with Crippen LogP contribution < -0.4 is 14.8 Å². The Kier molecular flexibility index (Phi) is 5.22. The van der Waals surface area contributed by atoms with Crippen molar-refractivity contribution in [1.29, 1.82) is 0 Å². The van der Waals surface area contributed by atoms with Crippen LogP contribution in [0.3, 0.4) is 0 Å². The molecule has 0 radical (unpaired) electrons. The number of hydrogen-bond acceptors (Lipinski definition) is 4. The van der Waals surface area contributed by atoms with Crippen molar-refractivity contribution in [2.45, 2.75) is 19.4 Å². The van der Waals surface area contributed by atoms with Gasteiger partial charge >= 0.3 is 0 Å². The molecule has 2 rings (SSSR count). The summed E-state index contributed by atoms with van der Waals surface area (Å²) in [4.78, 5) is 0. The highest BCUT2D eigenvalue weighted by Crippen LogP contribution is 2.31. The molecule has 1 heterocycles. The van der Waals surface area contributed by atoms with Crippen LogP contribution in [0.5, 0.6) is 11.5 Å². The highest BCUT2D eigenvalue weighted by Gasteiger charge is 2.18. The van der Waals surface area contributed by atoms with Crippen LogP contribution in [0.4, 0.5) is 0 Å². The van der Waals surface area contributed by atoms with Gasteiger partial charge in [-0.2, -0.15) is 5.10 Å². The molecule has 21 heavy (non-hydrogen) atoms. The zero-order chi connectivity index (χ0) is 15.2. The molecular weight excluding hydrogens is 266 g/mol. The second kappa shape index (κ2) is 7.13. The van der Waals surface area contributed by atoms with Gasteiger partial charge < -0.3 is 14.8 Å². The minimum atomic E-state index is 0.134. The van der Waals surface area contributed by atoms with Crippen molar-refractivity contribution < 1.29 is 9.47 Å². The van der Waals surface area contributed by atoms with Gasteiger partial charge in [-0.3, -0.25) is 4.68 Å². The Bertz CT molecular complexity index is 581. The lowest BCUT2D eigenvalue weighted by Crippen LogP contribution is -2.23. The molecule has 0 bridgehead atoms. The number of benzene rings is 1. The number of methoxy groups -OCH3 is 2. The molecule has 0 saturated carbocycles. The summed E-state index contributed by atoms with van der Waals surface area (Å²) in [5.41, 5.74) is 2.14. The van der Waals surface area contributed by atoms with E-state index in [-0.39, 0.29) is 6.04 Å². The monoisotopic (exact) mass is 289 g/mol. The summed E-state index contributed by atoms with van der Waals surface area (Å²) in [6, 6.07) is 8.05. The zero-order valence-electron chi connectivity index (χ0n) is 13.1. The molecule has 1 aromatic carbocycles. The lowest BCUT2D eigenvalue weighted by Gasteiger charge is -2.20. The number of nitrogens with zero attached hydrogens (tertiary/aromatic N) is 2. The summed E-state index contributed by atoms with van der Waals surface area (Å²) >= 11 is 0. The van der Waals surface area contributed by atoms with E-state index < -0.39 is 0 Å². The number of aryl methyl sites for hydroxylation is 1. The van der Waals surface area contributed by atoms with Gasteiger partial charge in [-0.15, -0.1) is 0 Å². The molecule has 2 aromatic rings. The van der Waals surface area contributed by atoms with Gasteiger partial charge in [-0.1, -0.05) is 6.92 Å². The third-order valence-corrected chi connectivity index (χ3v) is 3.44. The molecule has 0 saturated heterocycles. The van der Waals surface area contributed by atoms with E-state index in [0.29, 0.717) is 0 Å². The van der Waals surface area contributed by atoms with Crippen molar-refractivity contribution >= 4 is 0 Å². The van der Waals surface area contributed by atoms with Gasteiger partial charge in [-0.05, 0) is 30.8 Å². The molecule has 5 nitrogen and oxygen atoms in total. The lowest BCUT2D eigenvalue weighted by molar-refractivity contribution is 0.389. The maximum atomic E-state index is 5.49. The number of ether oxygens (including phenoxy) is 2. The van der Waals surface area contributed by atoms with Gasteiger partial charge in [0.05, 0.1) is 19.9 Å². The first kappa shape index (κ1) is 15.4. The third kappa shape index (κ3) is 3.76. The second-order valence-electron chi connectivity index (χ2n) is 4.90. The third-order valence-electron chi connectivity index (χ3n) is 3.44. The first-order chi connectivity index (χ1) is 10.2. The summed E-state index contributed by atoms with van der Waals surface area (Å²) in [6.07, 6.45) is 2.76. The van der Waals surface area contributed by atoms with Crippen LogP contribution in [-0.2, 0) is 13.5 Å². The van der Waals surface area contributed by atoms with Crippen molar-refractivity contribution in [2.24, 2.45) is 7.05 Å². The van der Waals surface area contributed by atoms with E-state index in [9.17, 15) is 0 Å². The fraction of sp³-hybridized carbons (Fsp3) is 0.438. The van der Waals surface area contributed by atoms with Gasteiger partial charge in [0, 0.05) is 31.3 Å². The van der Waals surface area contributed by atoms with Crippen molar-refractivity contribution in [2.75, 3.05) is 20.8 Å². The van der Waals surface area contributed by atoms with E-state index in [4.69, 9.17) is 9.47 Å². The van der Waals surface area contributed by atoms with E-state index in [1.807, 2.05) is 42.2 Å². The maximum absolute atomic E-state index is 5.49. The van der Waals surface area contributed by atoms with Crippen LogP contribution in [0.2, 0.25) is 0 Å². The summed E-state index contributed by atoms with van der Waals surface area (Å²) in [5.74, 6) is 1.69. The Labute approximate surface area is 125 Å². The maximum Gasteiger partial charge on any atom is 0.123 e. The quantitative estimate of drug-likeness (QED) is 0.850. The average molecular weight is 289 g/mol. The highest BCUT2D eigenvalue weighted by atomic mass is 16.5. The lowest BCUT2D eigenvalue weighted by atomic mass is 10.0. The molecule has 5 heteroatoms. The predicted octanol–water partition coefficient (Wildman–Crippen LogP) is 2.33. The molecule has 0 fully saturated rings. The van der Waals surface area contributed by atoms with Gasteiger partial charge in [0.25, 0.3) is 0 Å². The van der Waals surface area contributed by atoms with Gasteiger partial charge in [0.15, 0.2) is 0 Å². The standard InChI is InChI=1S/C16H23N3O2/c1-5-17-15(10-12-8-9-19(2)18-12)14-11-13(20-3)6-7-16(14)21-4/h6-9,11,15,17H,5,10H2,1-4H3. The van der Waals surface area contributed by atoms with Gasteiger partial charge in [0.1, 0.15) is 11.5 Å².